The molecule has 0 unspecified atom stereocenters. The van der Waals surface area contributed by atoms with Gasteiger partial charge >= 0.3 is 29.6 Å². The molecule has 0 atom stereocenters. The van der Waals surface area contributed by atoms with Crippen LogP contribution in [-0.2, 0) is 10.1 Å². The van der Waals surface area contributed by atoms with Crippen LogP contribution in [0.4, 0.5) is 0 Å². The number of rotatable bonds is 12. The third-order valence-corrected chi connectivity index (χ3v) is 4.48. The maximum atomic E-state index is 10.8. The maximum Gasteiger partial charge on any atom is 1.00 e. The molecule has 0 saturated carbocycles. The van der Waals surface area contributed by atoms with Gasteiger partial charge < -0.3 is 9.29 Å². The fourth-order valence-corrected chi connectivity index (χ4v) is 2.77. The van der Waals surface area contributed by atoms with Crippen molar-refractivity contribution in [2.24, 2.45) is 0 Å². The molecule has 4 nitrogen and oxygen atoms in total. The standard InChI is InChI=1S/C17H28O4S.Na/c1-2-3-4-5-6-7-8-9-10-15-21-16-11-13-17(14-12-16)22(18,19)20;/h11-14H,2-10,15H2,1H3,(H,18,19,20);/q;+1/p-1. The van der Waals surface area contributed by atoms with Crippen molar-refractivity contribution in [3.63, 3.8) is 0 Å². The summed E-state index contributed by atoms with van der Waals surface area (Å²) in [5, 5.41) is 0. The molecule has 0 heterocycles. The second-order valence-corrected chi connectivity index (χ2v) is 6.98. The van der Waals surface area contributed by atoms with Gasteiger partial charge in [0.15, 0.2) is 0 Å². The number of hydrogen-bond acceptors (Lipinski definition) is 4. The van der Waals surface area contributed by atoms with Crippen molar-refractivity contribution in [3.8, 4) is 5.75 Å². The van der Waals surface area contributed by atoms with Crippen LogP contribution in [0.2, 0.25) is 0 Å². The first kappa shape index (κ1) is 22.9. The van der Waals surface area contributed by atoms with Crippen molar-refractivity contribution in [1.82, 2.24) is 0 Å². The normalized spacial score (nSPS) is 11.0. The summed E-state index contributed by atoms with van der Waals surface area (Å²) < 4.78 is 37.9. The molecule has 0 bridgehead atoms. The average Bonchev–Trinajstić information content (AvgIpc) is 2.49. The molecule has 0 aliphatic heterocycles. The van der Waals surface area contributed by atoms with Crippen molar-refractivity contribution in [2.45, 2.75) is 69.6 Å². The SMILES string of the molecule is CCCCCCCCCCCOc1ccc(S(=O)(=O)[O-])cc1.[Na+]. The van der Waals surface area contributed by atoms with Crippen LogP contribution in [0.15, 0.2) is 29.2 Å². The van der Waals surface area contributed by atoms with Gasteiger partial charge in [-0.3, -0.25) is 0 Å². The Morgan fingerprint density at radius 1 is 0.870 bits per heavy atom. The number of hydrogen-bond donors (Lipinski definition) is 0. The van der Waals surface area contributed by atoms with Crippen LogP contribution in [0.5, 0.6) is 5.75 Å². The average molecular weight is 350 g/mol. The number of unbranched alkanes of at least 4 members (excludes halogenated alkanes) is 8. The molecule has 0 spiro atoms. The van der Waals surface area contributed by atoms with E-state index in [0.29, 0.717) is 12.4 Å². The number of ether oxygens (including phenoxy) is 1. The Morgan fingerprint density at radius 3 is 1.83 bits per heavy atom. The molecule has 0 fully saturated rings. The molecule has 0 N–H and O–H groups in total. The van der Waals surface area contributed by atoms with Gasteiger partial charge in [-0.1, -0.05) is 58.3 Å². The second kappa shape index (κ2) is 13.2. The van der Waals surface area contributed by atoms with E-state index >= 15 is 0 Å². The van der Waals surface area contributed by atoms with Crippen LogP contribution >= 0.6 is 0 Å². The number of benzene rings is 1. The summed E-state index contributed by atoms with van der Waals surface area (Å²) in [6.45, 7) is 2.85. The van der Waals surface area contributed by atoms with E-state index in [2.05, 4.69) is 6.92 Å². The van der Waals surface area contributed by atoms with Gasteiger partial charge in [0.1, 0.15) is 15.9 Å². The van der Waals surface area contributed by atoms with Crippen LogP contribution in [-0.4, -0.2) is 19.6 Å². The van der Waals surface area contributed by atoms with Gasteiger partial charge in [0.2, 0.25) is 0 Å². The molecule has 0 aliphatic rings. The Labute approximate surface area is 163 Å². The summed E-state index contributed by atoms with van der Waals surface area (Å²) in [5.41, 5.74) is 0. The van der Waals surface area contributed by atoms with Gasteiger partial charge in [0.25, 0.3) is 0 Å². The predicted octanol–water partition coefficient (Wildman–Crippen LogP) is 1.50. The largest absolute Gasteiger partial charge is 1.00 e. The zero-order valence-electron chi connectivity index (χ0n) is 14.4. The monoisotopic (exact) mass is 350 g/mol. The molecule has 126 valence electrons. The first-order valence-corrected chi connectivity index (χ1v) is 9.63. The third-order valence-electron chi connectivity index (χ3n) is 3.63. The topological polar surface area (TPSA) is 66.4 Å². The molecule has 1 aromatic rings. The van der Waals surface area contributed by atoms with Crippen molar-refractivity contribution in [2.75, 3.05) is 6.61 Å². The van der Waals surface area contributed by atoms with Crippen molar-refractivity contribution in [1.29, 1.82) is 0 Å². The smallest absolute Gasteiger partial charge is 0.744 e. The quantitative estimate of drug-likeness (QED) is 0.326. The predicted molar refractivity (Wildman–Crippen MR) is 87.1 cm³/mol. The minimum absolute atomic E-state index is 0. The van der Waals surface area contributed by atoms with Crippen molar-refractivity contribution in [3.05, 3.63) is 24.3 Å². The van der Waals surface area contributed by atoms with E-state index in [1.807, 2.05) is 0 Å². The van der Waals surface area contributed by atoms with E-state index < -0.39 is 10.1 Å². The van der Waals surface area contributed by atoms with Gasteiger partial charge in [-0.05, 0) is 30.7 Å². The molecule has 0 aromatic heterocycles. The van der Waals surface area contributed by atoms with E-state index in [4.69, 9.17) is 4.74 Å². The molecule has 0 radical (unpaired) electrons. The van der Waals surface area contributed by atoms with Crippen molar-refractivity contribution < 1.29 is 47.3 Å². The van der Waals surface area contributed by atoms with E-state index in [0.717, 1.165) is 12.8 Å². The summed E-state index contributed by atoms with van der Waals surface area (Å²) in [6.07, 6.45) is 11.3. The van der Waals surface area contributed by atoms with Crippen LogP contribution < -0.4 is 34.3 Å². The Kier molecular flexibility index (Phi) is 13.2. The van der Waals surface area contributed by atoms with E-state index in [-0.39, 0.29) is 34.5 Å². The summed E-state index contributed by atoms with van der Waals surface area (Å²) in [4.78, 5) is -0.220. The first-order valence-electron chi connectivity index (χ1n) is 8.23. The summed E-state index contributed by atoms with van der Waals surface area (Å²) >= 11 is 0. The minimum atomic E-state index is -4.37. The zero-order valence-corrected chi connectivity index (χ0v) is 17.2. The molecular formula is C17H27NaO4S. The molecule has 0 saturated heterocycles. The van der Waals surface area contributed by atoms with Gasteiger partial charge in [0, 0.05) is 0 Å². The minimum Gasteiger partial charge on any atom is -0.744 e. The molecule has 6 heteroatoms. The zero-order chi connectivity index (χ0) is 16.3. The third kappa shape index (κ3) is 11.2. The Hall–Kier alpha value is -0.0700. The van der Waals surface area contributed by atoms with E-state index in [9.17, 15) is 13.0 Å². The van der Waals surface area contributed by atoms with Gasteiger partial charge in [-0.25, -0.2) is 8.42 Å². The summed E-state index contributed by atoms with van der Waals surface area (Å²) in [7, 11) is -4.37. The molecular weight excluding hydrogens is 323 g/mol. The molecule has 0 aliphatic carbocycles. The summed E-state index contributed by atoms with van der Waals surface area (Å²) in [5.74, 6) is 0.604. The van der Waals surface area contributed by atoms with Crippen LogP contribution in [0.1, 0.15) is 64.7 Å². The maximum absolute atomic E-state index is 10.8. The van der Waals surface area contributed by atoms with Gasteiger partial charge in [-0.15, -0.1) is 0 Å². The van der Waals surface area contributed by atoms with Crippen LogP contribution in [0, 0.1) is 0 Å². The fraction of sp³-hybridized carbons (Fsp3) is 0.647. The Balaban J connectivity index is 0.00000484. The Morgan fingerprint density at radius 2 is 1.35 bits per heavy atom. The molecule has 0 amide bonds. The van der Waals surface area contributed by atoms with E-state index in [1.165, 1.54) is 69.2 Å². The van der Waals surface area contributed by atoms with E-state index in [1.54, 1.807) is 0 Å². The molecule has 1 aromatic carbocycles. The summed E-state index contributed by atoms with van der Waals surface area (Å²) in [6, 6.07) is 5.62. The Bertz CT molecular complexity index is 500. The van der Waals surface area contributed by atoms with Gasteiger partial charge in [-0.2, -0.15) is 0 Å². The fourth-order valence-electron chi connectivity index (χ4n) is 2.31. The molecule has 1 rings (SSSR count). The van der Waals surface area contributed by atoms with Crippen LogP contribution in [0.3, 0.4) is 0 Å². The van der Waals surface area contributed by atoms with Crippen molar-refractivity contribution >= 4 is 10.1 Å². The van der Waals surface area contributed by atoms with Crippen LogP contribution in [0.25, 0.3) is 0 Å². The first-order chi connectivity index (χ1) is 10.5. The second-order valence-electron chi connectivity index (χ2n) is 5.60. The van der Waals surface area contributed by atoms with Gasteiger partial charge in [0.05, 0.1) is 11.5 Å². The molecule has 23 heavy (non-hydrogen) atoms.